The lowest BCUT2D eigenvalue weighted by Gasteiger charge is -2.21. The molecule has 0 aromatic heterocycles. The van der Waals surface area contributed by atoms with Crippen LogP contribution in [0, 0.1) is 12.8 Å². The average molecular weight is 316 g/mol. The number of hydrogen-bond donors (Lipinski definition) is 1. The number of rotatable bonds is 4. The molecule has 98 valence electrons. The second-order valence-corrected chi connectivity index (χ2v) is 6.25. The molecule has 1 nitrogen and oxygen atoms in total. The van der Waals surface area contributed by atoms with Crippen molar-refractivity contribution < 1.29 is 0 Å². The van der Waals surface area contributed by atoms with Gasteiger partial charge in [-0.3, -0.25) is 0 Å². The predicted molar refractivity (Wildman–Crippen MR) is 84.4 cm³/mol. The molecule has 0 aliphatic heterocycles. The van der Waals surface area contributed by atoms with Crippen molar-refractivity contribution in [3.63, 3.8) is 0 Å². The molecule has 0 radical (unpaired) electrons. The molecule has 0 bridgehead atoms. The molecule has 0 spiro atoms. The zero-order valence-electron chi connectivity index (χ0n) is 11.1. The molecule has 1 unspecified atom stereocenters. The molecule has 1 aliphatic carbocycles. The Morgan fingerprint density at radius 2 is 1.84 bits per heavy atom. The Hall–Kier alpha value is -1.28. The van der Waals surface area contributed by atoms with Crippen LogP contribution in [0.3, 0.4) is 0 Å². The first kappa shape index (κ1) is 12.7. The van der Waals surface area contributed by atoms with Gasteiger partial charge in [0.1, 0.15) is 0 Å². The van der Waals surface area contributed by atoms with Gasteiger partial charge in [-0.05, 0) is 48.9 Å². The summed E-state index contributed by atoms with van der Waals surface area (Å²) in [7, 11) is 0. The first-order valence-corrected chi connectivity index (χ1v) is 7.61. The van der Waals surface area contributed by atoms with Crippen LogP contribution in [0.2, 0.25) is 0 Å². The second-order valence-electron chi connectivity index (χ2n) is 5.33. The van der Waals surface area contributed by atoms with Crippen LogP contribution in [0.5, 0.6) is 0 Å². The lowest BCUT2D eigenvalue weighted by Crippen LogP contribution is -2.13. The number of benzene rings is 2. The molecule has 2 aromatic carbocycles. The van der Waals surface area contributed by atoms with Crippen LogP contribution >= 0.6 is 15.9 Å². The zero-order chi connectivity index (χ0) is 13.2. The summed E-state index contributed by atoms with van der Waals surface area (Å²) in [5.41, 5.74) is 3.92. The van der Waals surface area contributed by atoms with E-state index in [1.165, 1.54) is 29.7 Å². The standard InChI is InChI=1S/C17H18BrN/c1-12-7-10-15(18)11-16(12)19-17(14-8-9-14)13-5-3-2-4-6-13/h2-7,10-11,14,17,19H,8-9H2,1H3. The highest BCUT2D eigenvalue weighted by atomic mass is 79.9. The third-order valence-corrected chi connectivity index (χ3v) is 4.26. The predicted octanol–water partition coefficient (Wildman–Crippen LogP) is 5.32. The average Bonchev–Trinajstić information content (AvgIpc) is 3.25. The highest BCUT2D eigenvalue weighted by Gasteiger charge is 2.32. The van der Waals surface area contributed by atoms with E-state index in [1.807, 2.05) is 0 Å². The fourth-order valence-electron chi connectivity index (χ4n) is 2.48. The third-order valence-electron chi connectivity index (χ3n) is 3.76. The topological polar surface area (TPSA) is 12.0 Å². The van der Waals surface area contributed by atoms with Gasteiger partial charge in [0.2, 0.25) is 0 Å². The first-order valence-electron chi connectivity index (χ1n) is 6.81. The lowest BCUT2D eigenvalue weighted by atomic mass is 10.0. The number of halogens is 1. The fourth-order valence-corrected chi connectivity index (χ4v) is 2.84. The zero-order valence-corrected chi connectivity index (χ0v) is 12.7. The molecule has 1 N–H and O–H groups in total. The van der Waals surface area contributed by atoms with Crippen molar-refractivity contribution in [3.05, 3.63) is 64.1 Å². The van der Waals surface area contributed by atoms with E-state index in [9.17, 15) is 0 Å². The van der Waals surface area contributed by atoms with E-state index in [2.05, 4.69) is 76.7 Å². The highest BCUT2D eigenvalue weighted by molar-refractivity contribution is 9.10. The second kappa shape index (κ2) is 5.38. The Labute approximate surface area is 123 Å². The van der Waals surface area contributed by atoms with Gasteiger partial charge in [0.25, 0.3) is 0 Å². The van der Waals surface area contributed by atoms with Crippen LogP contribution in [0.4, 0.5) is 5.69 Å². The molecule has 3 rings (SSSR count). The smallest absolute Gasteiger partial charge is 0.0542 e. The highest BCUT2D eigenvalue weighted by Crippen LogP contribution is 2.43. The van der Waals surface area contributed by atoms with Gasteiger partial charge in [-0.2, -0.15) is 0 Å². The molecular formula is C17H18BrN. The molecule has 0 amide bonds. The summed E-state index contributed by atoms with van der Waals surface area (Å²) in [6, 6.07) is 17.6. The van der Waals surface area contributed by atoms with E-state index in [-0.39, 0.29) is 0 Å². The fraction of sp³-hybridized carbons (Fsp3) is 0.294. The molecule has 1 fully saturated rings. The minimum absolute atomic E-state index is 0.439. The quantitative estimate of drug-likeness (QED) is 0.805. The van der Waals surface area contributed by atoms with Crippen molar-refractivity contribution in [2.45, 2.75) is 25.8 Å². The van der Waals surface area contributed by atoms with Crippen molar-refractivity contribution >= 4 is 21.6 Å². The molecule has 2 heteroatoms. The molecule has 1 atom stereocenters. The van der Waals surface area contributed by atoms with Gasteiger partial charge in [0.05, 0.1) is 6.04 Å². The van der Waals surface area contributed by atoms with Crippen LogP contribution in [-0.4, -0.2) is 0 Å². The molecule has 2 aromatic rings. The largest absolute Gasteiger partial charge is 0.378 e. The number of aryl methyl sites for hydroxylation is 1. The van der Waals surface area contributed by atoms with Crippen LogP contribution in [0.25, 0.3) is 0 Å². The monoisotopic (exact) mass is 315 g/mol. The minimum atomic E-state index is 0.439. The van der Waals surface area contributed by atoms with E-state index < -0.39 is 0 Å². The molecule has 1 aliphatic rings. The molecular weight excluding hydrogens is 298 g/mol. The number of anilines is 1. The minimum Gasteiger partial charge on any atom is -0.378 e. The Balaban J connectivity index is 1.88. The third kappa shape index (κ3) is 3.01. The Morgan fingerprint density at radius 1 is 1.11 bits per heavy atom. The van der Waals surface area contributed by atoms with Gasteiger partial charge in [0.15, 0.2) is 0 Å². The van der Waals surface area contributed by atoms with Crippen molar-refractivity contribution in [2.75, 3.05) is 5.32 Å². The van der Waals surface area contributed by atoms with Gasteiger partial charge in [0, 0.05) is 10.2 Å². The summed E-state index contributed by atoms with van der Waals surface area (Å²) < 4.78 is 1.13. The Bertz CT molecular complexity index is 561. The van der Waals surface area contributed by atoms with Gasteiger partial charge >= 0.3 is 0 Å². The molecule has 19 heavy (non-hydrogen) atoms. The van der Waals surface area contributed by atoms with E-state index in [4.69, 9.17) is 0 Å². The molecule has 0 heterocycles. The SMILES string of the molecule is Cc1ccc(Br)cc1NC(c1ccccc1)C1CC1. The van der Waals surface area contributed by atoms with Gasteiger partial charge in [-0.25, -0.2) is 0 Å². The van der Waals surface area contributed by atoms with Crippen LogP contribution in [0.15, 0.2) is 53.0 Å². The summed E-state index contributed by atoms with van der Waals surface area (Å²) in [6.45, 7) is 2.16. The van der Waals surface area contributed by atoms with E-state index >= 15 is 0 Å². The van der Waals surface area contributed by atoms with Crippen LogP contribution < -0.4 is 5.32 Å². The van der Waals surface area contributed by atoms with E-state index in [1.54, 1.807) is 0 Å². The normalized spacial score (nSPS) is 16.1. The van der Waals surface area contributed by atoms with Gasteiger partial charge in [-0.1, -0.05) is 52.3 Å². The van der Waals surface area contributed by atoms with Crippen molar-refractivity contribution in [1.29, 1.82) is 0 Å². The van der Waals surface area contributed by atoms with E-state index in [0.717, 1.165) is 10.4 Å². The summed E-state index contributed by atoms with van der Waals surface area (Å²) in [6.07, 6.45) is 2.67. The Morgan fingerprint density at radius 3 is 2.53 bits per heavy atom. The summed E-state index contributed by atoms with van der Waals surface area (Å²) in [5, 5.41) is 3.74. The maximum atomic E-state index is 3.74. The number of hydrogen-bond acceptors (Lipinski definition) is 1. The van der Waals surface area contributed by atoms with Gasteiger partial charge in [-0.15, -0.1) is 0 Å². The molecule has 0 saturated heterocycles. The lowest BCUT2D eigenvalue weighted by molar-refractivity contribution is 0.678. The summed E-state index contributed by atoms with van der Waals surface area (Å²) >= 11 is 3.56. The van der Waals surface area contributed by atoms with Crippen molar-refractivity contribution in [1.82, 2.24) is 0 Å². The van der Waals surface area contributed by atoms with Crippen LogP contribution in [-0.2, 0) is 0 Å². The first-order chi connectivity index (χ1) is 9.24. The van der Waals surface area contributed by atoms with Crippen molar-refractivity contribution in [2.24, 2.45) is 5.92 Å². The van der Waals surface area contributed by atoms with Gasteiger partial charge < -0.3 is 5.32 Å². The summed E-state index contributed by atoms with van der Waals surface area (Å²) in [4.78, 5) is 0. The summed E-state index contributed by atoms with van der Waals surface area (Å²) in [5.74, 6) is 0.779. The molecule has 1 saturated carbocycles. The Kier molecular flexibility index (Phi) is 3.61. The maximum absolute atomic E-state index is 3.74. The van der Waals surface area contributed by atoms with Crippen molar-refractivity contribution in [3.8, 4) is 0 Å². The van der Waals surface area contributed by atoms with Crippen LogP contribution in [0.1, 0.15) is 30.0 Å². The maximum Gasteiger partial charge on any atom is 0.0542 e. The number of nitrogens with one attached hydrogen (secondary N) is 1. The van der Waals surface area contributed by atoms with E-state index in [0.29, 0.717) is 6.04 Å².